The van der Waals surface area contributed by atoms with Crippen molar-refractivity contribution in [3.8, 4) is 0 Å². The molecular formula is C13H15NO2. The number of aromatic nitrogens is 1. The molecule has 2 aromatic heterocycles. The summed E-state index contributed by atoms with van der Waals surface area (Å²) in [7, 11) is 0. The van der Waals surface area contributed by atoms with Gasteiger partial charge in [-0.2, -0.15) is 0 Å². The number of hydrogen-bond donors (Lipinski definition) is 1. The highest BCUT2D eigenvalue weighted by Gasteiger charge is 2.20. The van der Waals surface area contributed by atoms with Gasteiger partial charge in [0, 0.05) is 18.3 Å². The van der Waals surface area contributed by atoms with Crippen molar-refractivity contribution in [2.45, 2.75) is 25.9 Å². The smallest absolute Gasteiger partial charge is 0.133 e. The van der Waals surface area contributed by atoms with E-state index in [0.717, 1.165) is 11.3 Å². The predicted molar refractivity (Wildman–Crippen MR) is 61.1 cm³/mol. The van der Waals surface area contributed by atoms with Gasteiger partial charge in [-0.1, -0.05) is 6.92 Å². The van der Waals surface area contributed by atoms with E-state index in [1.165, 1.54) is 0 Å². The Balaban J connectivity index is 2.19. The number of aliphatic hydroxyl groups excluding tert-OH is 1. The van der Waals surface area contributed by atoms with Crippen molar-refractivity contribution in [1.82, 2.24) is 4.98 Å². The molecule has 0 saturated carbocycles. The highest BCUT2D eigenvalue weighted by atomic mass is 16.4. The SMILES string of the molecule is Cc1ccc(C(O)C(C)c2ccncc2)o1. The van der Waals surface area contributed by atoms with Crippen LogP contribution in [0.4, 0.5) is 0 Å². The molecule has 2 unspecified atom stereocenters. The van der Waals surface area contributed by atoms with Crippen molar-refractivity contribution >= 4 is 0 Å². The summed E-state index contributed by atoms with van der Waals surface area (Å²) in [5.41, 5.74) is 1.05. The van der Waals surface area contributed by atoms with Gasteiger partial charge in [0.25, 0.3) is 0 Å². The Hall–Kier alpha value is -1.61. The van der Waals surface area contributed by atoms with Gasteiger partial charge in [-0.05, 0) is 36.8 Å². The summed E-state index contributed by atoms with van der Waals surface area (Å²) >= 11 is 0. The lowest BCUT2D eigenvalue weighted by Gasteiger charge is -2.16. The average molecular weight is 217 g/mol. The predicted octanol–water partition coefficient (Wildman–Crippen LogP) is 2.82. The fourth-order valence-corrected chi connectivity index (χ4v) is 1.71. The molecule has 16 heavy (non-hydrogen) atoms. The van der Waals surface area contributed by atoms with Crippen LogP contribution < -0.4 is 0 Å². The van der Waals surface area contributed by atoms with Crippen LogP contribution in [0.3, 0.4) is 0 Å². The Labute approximate surface area is 94.8 Å². The number of aryl methyl sites for hydroxylation is 1. The fraction of sp³-hybridized carbons (Fsp3) is 0.308. The zero-order valence-corrected chi connectivity index (χ0v) is 9.42. The maximum Gasteiger partial charge on any atom is 0.133 e. The zero-order chi connectivity index (χ0) is 11.5. The Morgan fingerprint density at radius 3 is 2.44 bits per heavy atom. The monoisotopic (exact) mass is 217 g/mol. The molecule has 0 aliphatic carbocycles. The maximum atomic E-state index is 10.1. The largest absolute Gasteiger partial charge is 0.464 e. The first-order valence-corrected chi connectivity index (χ1v) is 5.33. The van der Waals surface area contributed by atoms with Crippen molar-refractivity contribution in [2.75, 3.05) is 0 Å². The van der Waals surface area contributed by atoms with Crippen LogP contribution in [-0.2, 0) is 0 Å². The summed E-state index contributed by atoms with van der Waals surface area (Å²) in [6.45, 7) is 3.84. The molecule has 2 aromatic rings. The number of aliphatic hydroxyl groups is 1. The number of pyridine rings is 1. The summed E-state index contributed by atoms with van der Waals surface area (Å²) in [6, 6.07) is 7.49. The van der Waals surface area contributed by atoms with Gasteiger partial charge >= 0.3 is 0 Å². The lowest BCUT2D eigenvalue weighted by molar-refractivity contribution is 0.124. The Bertz CT molecular complexity index is 450. The highest BCUT2D eigenvalue weighted by molar-refractivity contribution is 5.20. The van der Waals surface area contributed by atoms with E-state index in [1.807, 2.05) is 38.1 Å². The van der Waals surface area contributed by atoms with Crippen LogP contribution in [0, 0.1) is 6.92 Å². The molecule has 3 nitrogen and oxygen atoms in total. The van der Waals surface area contributed by atoms with Gasteiger partial charge in [0.05, 0.1) is 0 Å². The third kappa shape index (κ3) is 2.14. The van der Waals surface area contributed by atoms with Crippen LogP contribution in [-0.4, -0.2) is 10.1 Å². The van der Waals surface area contributed by atoms with Crippen molar-refractivity contribution in [3.05, 3.63) is 53.7 Å². The zero-order valence-electron chi connectivity index (χ0n) is 9.42. The second kappa shape index (κ2) is 4.49. The van der Waals surface area contributed by atoms with E-state index in [1.54, 1.807) is 12.4 Å². The Kier molecular flexibility index (Phi) is 3.06. The molecular weight excluding hydrogens is 202 g/mol. The first-order valence-electron chi connectivity index (χ1n) is 5.33. The average Bonchev–Trinajstić information content (AvgIpc) is 2.75. The van der Waals surface area contributed by atoms with Gasteiger partial charge in [0.15, 0.2) is 0 Å². The molecule has 2 rings (SSSR count). The van der Waals surface area contributed by atoms with Crippen LogP contribution in [0.5, 0.6) is 0 Å². The van der Waals surface area contributed by atoms with Crippen LogP contribution in [0.2, 0.25) is 0 Å². The summed E-state index contributed by atoms with van der Waals surface area (Å²) in [5, 5.41) is 10.1. The highest BCUT2D eigenvalue weighted by Crippen LogP contribution is 2.30. The van der Waals surface area contributed by atoms with E-state index in [4.69, 9.17) is 4.42 Å². The molecule has 1 N–H and O–H groups in total. The standard InChI is InChI=1S/C13H15NO2/c1-9-3-4-12(16-9)13(15)10(2)11-5-7-14-8-6-11/h3-8,10,13,15H,1-2H3. The van der Waals surface area contributed by atoms with Gasteiger partial charge in [0.2, 0.25) is 0 Å². The summed E-state index contributed by atoms with van der Waals surface area (Å²) < 4.78 is 5.42. The number of nitrogens with zero attached hydrogens (tertiary/aromatic N) is 1. The molecule has 0 fully saturated rings. The van der Waals surface area contributed by atoms with E-state index < -0.39 is 6.10 Å². The molecule has 0 aliphatic heterocycles. The molecule has 2 heterocycles. The second-order valence-electron chi connectivity index (χ2n) is 3.96. The Morgan fingerprint density at radius 2 is 1.88 bits per heavy atom. The van der Waals surface area contributed by atoms with E-state index in [9.17, 15) is 5.11 Å². The van der Waals surface area contributed by atoms with E-state index >= 15 is 0 Å². The van der Waals surface area contributed by atoms with Gasteiger partial charge in [-0.3, -0.25) is 4.98 Å². The molecule has 0 spiro atoms. The molecule has 0 aromatic carbocycles. The molecule has 0 saturated heterocycles. The van der Waals surface area contributed by atoms with Crippen LogP contribution in [0.15, 0.2) is 41.1 Å². The van der Waals surface area contributed by atoms with Crippen LogP contribution in [0.25, 0.3) is 0 Å². The molecule has 0 bridgehead atoms. The van der Waals surface area contributed by atoms with Crippen LogP contribution in [0.1, 0.15) is 36.0 Å². The fourth-order valence-electron chi connectivity index (χ4n) is 1.71. The quantitative estimate of drug-likeness (QED) is 0.859. The third-order valence-electron chi connectivity index (χ3n) is 2.76. The topological polar surface area (TPSA) is 46.3 Å². The second-order valence-corrected chi connectivity index (χ2v) is 3.96. The number of furan rings is 1. The van der Waals surface area contributed by atoms with E-state index in [0.29, 0.717) is 5.76 Å². The summed E-state index contributed by atoms with van der Waals surface area (Å²) in [6.07, 6.45) is 2.84. The Morgan fingerprint density at radius 1 is 1.19 bits per heavy atom. The molecule has 0 amide bonds. The normalized spacial score (nSPS) is 14.7. The minimum absolute atomic E-state index is 0.00597. The first-order chi connectivity index (χ1) is 7.68. The summed E-state index contributed by atoms with van der Waals surface area (Å²) in [5.74, 6) is 1.42. The molecule has 84 valence electrons. The minimum Gasteiger partial charge on any atom is -0.464 e. The van der Waals surface area contributed by atoms with Crippen molar-refractivity contribution in [1.29, 1.82) is 0 Å². The molecule has 2 atom stereocenters. The number of rotatable bonds is 3. The van der Waals surface area contributed by atoms with E-state index in [-0.39, 0.29) is 5.92 Å². The van der Waals surface area contributed by atoms with Crippen molar-refractivity contribution in [3.63, 3.8) is 0 Å². The van der Waals surface area contributed by atoms with Gasteiger partial charge in [-0.25, -0.2) is 0 Å². The lowest BCUT2D eigenvalue weighted by Crippen LogP contribution is -2.06. The summed E-state index contributed by atoms with van der Waals surface area (Å²) in [4.78, 5) is 3.96. The van der Waals surface area contributed by atoms with Gasteiger partial charge in [0.1, 0.15) is 17.6 Å². The molecule has 0 aliphatic rings. The molecule has 0 radical (unpaired) electrons. The van der Waals surface area contributed by atoms with Crippen molar-refractivity contribution < 1.29 is 9.52 Å². The van der Waals surface area contributed by atoms with Gasteiger partial charge in [-0.15, -0.1) is 0 Å². The third-order valence-corrected chi connectivity index (χ3v) is 2.76. The lowest BCUT2D eigenvalue weighted by atomic mass is 9.95. The maximum absolute atomic E-state index is 10.1. The number of hydrogen-bond acceptors (Lipinski definition) is 3. The van der Waals surface area contributed by atoms with Gasteiger partial charge < -0.3 is 9.52 Å². The molecule has 3 heteroatoms. The minimum atomic E-state index is -0.615. The van der Waals surface area contributed by atoms with Crippen LogP contribution >= 0.6 is 0 Å². The van der Waals surface area contributed by atoms with Crippen molar-refractivity contribution in [2.24, 2.45) is 0 Å². The van der Waals surface area contributed by atoms with E-state index in [2.05, 4.69) is 4.98 Å². The first kappa shape index (κ1) is 10.9.